The van der Waals surface area contributed by atoms with Gasteiger partial charge in [0.15, 0.2) is 0 Å². The zero-order valence-corrected chi connectivity index (χ0v) is 11.3. The minimum atomic E-state index is -0.394. The lowest BCUT2D eigenvalue weighted by molar-refractivity contribution is 0.0955. The summed E-state index contributed by atoms with van der Waals surface area (Å²) in [4.78, 5) is 16.4. The molecule has 18 heavy (non-hydrogen) atoms. The molecule has 4 nitrogen and oxygen atoms in total. The Hall–Kier alpha value is -1.43. The van der Waals surface area contributed by atoms with Gasteiger partial charge in [0.1, 0.15) is 10.3 Å². The highest BCUT2D eigenvalue weighted by Gasteiger charge is 2.07. The highest BCUT2D eigenvalue weighted by molar-refractivity contribution is 7.11. The van der Waals surface area contributed by atoms with Crippen LogP contribution in [0.5, 0.6) is 0 Å². The quantitative estimate of drug-likeness (QED) is 0.537. The van der Waals surface area contributed by atoms with Crippen LogP contribution in [0.4, 0.5) is 0 Å². The molecule has 0 aromatic carbocycles. The van der Waals surface area contributed by atoms with Gasteiger partial charge in [0.25, 0.3) is 5.91 Å². The van der Waals surface area contributed by atoms with E-state index in [9.17, 15) is 4.79 Å². The molecule has 7 heteroatoms. The van der Waals surface area contributed by atoms with Crippen molar-refractivity contribution in [1.82, 2.24) is 10.4 Å². The smallest absolute Gasteiger partial charge is 0.267 e. The van der Waals surface area contributed by atoms with Gasteiger partial charge in [0.2, 0.25) is 0 Å². The fourth-order valence-electron chi connectivity index (χ4n) is 1.18. The second-order valence-electron chi connectivity index (χ2n) is 3.22. The van der Waals surface area contributed by atoms with Crippen molar-refractivity contribution in [2.24, 2.45) is 5.10 Å². The van der Waals surface area contributed by atoms with Crippen LogP contribution in [0.25, 0.3) is 0 Å². The molecule has 0 aliphatic carbocycles. The van der Waals surface area contributed by atoms with Crippen molar-refractivity contribution < 1.29 is 4.79 Å². The fraction of sp³-hybridized carbons (Fsp3) is 0. The molecule has 0 aliphatic heterocycles. The molecule has 0 spiro atoms. The Bertz CT molecular complexity index is 564. The number of rotatable bonds is 3. The molecule has 0 atom stereocenters. The zero-order chi connectivity index (χ0) is 13.0. The van der Waals surface area contributed by atoms with E-state index in [4.69, 9.17) is 23.2 Å². The van der Waals surface area contributed by atoms with E-state index in [-0.39, 0.29) is 10.3 Å². The first-order chi connectivity index (χ1) is 8.65. The molecule has 0 aliphatic rings. The molecule has 2 rings (SSSR count). The number of nitrogens with zero attached hydrogens (tertiary/aromatic N) is 2. The van der Waals surface area contributed by atoms with E-state index in [1.807, 2.05) is 17.5 Å². The third-order valence-electron chi connectivity index (χ3n) is 1.93. The van der Waals surface area contributed by atoms with Crippen molar-refractivity contribution in [2.75, 3.05) is 0 Å². The molecule has 0 saturated carbocycles. The van der Waals surface area contributed by atoms with Crippen LogP contribution in [-0.2, 0) is 0 Å². The van der Waals surface area contributed by atoms with Crippen LogP contribution >= 0.6 is 34.5 Å². The maximum absolute atomic E-state index is 11.7. The van der Waals surface area contributed by atoms with E-state index in [1.165, 1.54) is 23.5 Å². The van der Waals surface area contributed by atoms with Crippen molar-refractivity contribution in [3.8, 4) is 0 Å². The predicted octanol–water partition coefficient (Wildman–Crippen LogP) is 3.21. The number of thiophene rings is 1. The number of halogens is 2. The summed E-state index contributed by atoms with van der Waals surface area (Å²) in [7, 11) is 0. The highest BCUT2D eigenvalue weighted by Crippen LogP contribution is 2.14. The van der Waals surface area contributed by atoms with Crippen LogP contribution in [0.15, 0.2) is 34.7 Å². The Morgan fingerprint density at radius 1 is 1.39 bits per heavy atom. The molecule has 1 amide bonds. The molecule has 0 bridgehead atoms. The first-order valence-corrected chi connectivity index (χ1v) is 6.49. The van der Waals surface area contributed by atoms with Crippen LogP contribution in [0.3, 0.4) is 0 Å². The normalized spacial score (nSPS) is 10.8. The van der Waals surface area contributed by atoms with Crippen LogP contribution in [-0.4, -0.2) is 17.1 Å². The summed E-state index contributed by atoms with van der Waals surface area (Å²) in [6, 6.07) is 6.63. The number of hydrazone groups is 1. The van der Waals surface area contributed by atoms with Crippen molar-refractivity contribution in [1.29, 1.82) is 0 Å². The van der Waals surface area contributed by atoms with Crippen molar-refractivity contribution in [2.45, 2.75) is 0 Å². The third-order valence-corrected chi connectivity index (χ3v) is 3.12. The van der Waals surface area contributed by atoms with Crippen LogP contribution in [0.1, 0.15) is 15.2 Å². The Labute approximate surface area is 117 Å². The summed E-state index contributed by atoms with van der Waals surface area (Å²) in [6.07, 6.45) is 1.56. The summed E-state index contributed by atoms with van der Waals surface area (Å²) in [5, 5.41) is 6.07. The lowest BCUT2D eigenvalue weighted by Crippen LogP contribution is -2.17. The Morgan fingerprint density at radius 2 is 2.11 bits per heavy atom. The summed E-state index contributed by atoms with van der Waals surface area (Å²) in [5.74, 6) is -0.394. The van der Waals surface area contributed by atoms with E-state index in [1.54, 1.807) is 6.21 Å². The van der Waals surface area contributed by atoms with Gasteiger partial charge in [0.05, 0.1) is 6.21 Å². The minimum Gasteiger partial charge on any atom is -0.267 e. The lowest BCUT2D eigenvalue weighted by Gasteiger charge is -2.00. The monoisotopic (exact) mass is 299 g/mol. The molecule has 0 radical (unpaired) electrons. The number of hydrogen-bond donors (Lipinski definition) is 1. The van der Waals surface area contributed by atoms with Gasteiger partial charge in [-0.25, -0.2) is 10.4 Å². The van der Waals surface area contributed by atoms with Crippen LogP contribution < -0.4 is 5.43 Å². The maximum Gasteiger partial charge on any atom is 0.271 e. The van der Waals surface area contributed by atoms with Gasteiger partial charge in [0, 0.05) is 10.4 Å². The van der Waals surface area contributed by atoms with Crippen LogP contribution in [0, 0.1) is 0 Å². The van der Waals surface area contributed by atoms with E-state index in [2.05, 4.69) is 15.5 Å². The number of nitrogens with one attached hydrogen (secondary N) is 1. The SMILES string of the molecule is O=C(N/N=C\c1cccs1)c1cc(Cl)nc(Cl)c1. The van der Waals surface area contributed by atoms with Gasteiger partial charge in [-0.15, -0.1) is 11.3 Å². The Balaban J connectivity index is 2.03. The maximum atomic E-state index is 11.7. The van der Waals surface area contributed by atoms with E-state index >= 15 is 0 Å². The molecule has 0 saturated heterocycles. The molecule has 0 unspecified atom stereocenters. The van der Waals surface area contributed by atoms with Crippen molar-refractivity contribution in [3.63, 3.8) is 0 Å². The molecule has 2 aromatic heterocycles. The average molecular weight is 300 g/mol. The molecular weight excluding hydrogens is 293 g/mol. The van der Waals surface area contributed by atoms with E-state index < -0.39 is 5.91 Å². The molecule has 2 aromatic rings. The number of carbonyl (C=O) groups excluding carboxylic acids is 1. The number of hydrogen-bond acceptors (Lipinski definition) is 4. The summed E-state index contributed by atoms with van der Waals surface area (Å²) >= 11 is 12.9. The largest absolute Gasteiger partial charge is 0.271 e. The van der Waals surface area contributed by atoms with Gasteiger partial charge < -0.3 is 0 Å². The zero-order valence-electron chi connectivity index (χ0n) is 8.93. The molecular formula is C11H7Cl2N3OS. The fourth-order valence-corrected chi connectivity index (χ4v) is 2.23. The first-order valence-electron chi connectivity index (χ1n) is 4.85. The van der Waals surface area contributed by atoms with Crippen LogP contribution in [0.2, 0.25) is 10.3 Å². The number of carbonyl (C=O) groups is 1. The first kappa shape index (κ1) is 13.0. The molecule has 92 valence electrons. The predicted molar refractivity (Wildman–Crippen MR) is 73.6 cm³/mol. The van der Waals surface area contributed by atoms with Gasteiger partial charge in [-0.2, -0.15) is 5.10 Å². The van der Waals surface area contributed by atoms with E-state index in [0.717, 1.165) is 4.88 Å². The molecule has 1 N–H and O–H groups in total. The summed E-state index contributed by atoms with van der Waals surface area (Å²) in [6.45, 7) is 0. The topological polar surface area (TPSA) is 54.4 Å². The van der Waals surface area contributed by atoms with E-state index in [0.29, 0.717) is 5.56 Å². The number of pyridine rings is 1. The Morgan fingerprint density at radius 3 is 2.72 bits per heavy atom. The summed E-state index contributed by atoms with van der Waals surface area (Å²) in [5.41, 5.74) is 2.69. The minimum absolute atomic E-state index is 0.162. The average Bonchev–Trinajstić information content (AvgIpc) is 2.80. The second-order valence-corrected chi connectivity index (χ2v) is 4.97. The second kappa shape index (κ2) is 5.95. The standard InChI is InChI=1S/C11H7Cl2N3OS/c12-9-4-7(5-10(13)15-9)11(17)16-14-6-8-2-1-3-18-8/h1-6H,(H,16,17)/b14-6-. The van der Waals surface area contributed by atoms with Gasteiger partial charge >= 0.3 is 0 Å². The van der Waals surface area contributed by atoms with Gasteiger partial charge in [-0.05, 0) is 23.6 Å². The molecule has 2 heterocycles. The van der Waals surface area contributed by atoms with Gasteiger partial charge in [-0.3, -0.25) is 4.79 Å². The van der Waals surface area contributed by atoms with Crippen molar-refractivity contribution >= 4 is 46.7 Å². The highest BCUT2D eigenvalue weighted by atomic mass is 35.5. The van der Waals surface area contributed by atoms with Crippen molar-refractivity contribution in [3.05, 3.63) is 50.4 Å². The van der Waals surface area contributed by atoms with Gasteiger partial charge in [-0.1, -0.05) is 29.3 Å². The number of aromatic nitrogens is 1. The lowest BCUT2D eigenvalue weighted by atomic mass is 10.2. The number of amides is 1. The Kier molecular flexibility index (Phi) is 4.30. The summed E-state index contributed by atoms with van der Waals surface area (Å²) < 4.78 is 0. The molecule has 0 fully saturated rings. The third kappa shape index (κ3) is 3.53.